The van der Waals surface area contributed by atoms with Gasteiger partial charge in [-0.2, -0.15) is 0 Å². The maximum Gasteiger partial charge on any atom is 0.260 e. The van der Waals surface area contributed by atoms with E-state index in [2.05, 4.69) is 6.92 Å². The number of morpholine rings is 1. The number of rotatable bonds is 6. The molecule has 116 valence electrons. The van der Waals surface area contributed by atoms with Gasteiger partial charge < -0.3 is 20.1 Å². The third kappa shape index (κ3) is 5.02. The van der Waals surface area contributed by atoms with E-state index in [4.69, 9.17) is 15.2 Å². The van der Waals surface area contributed by atoms with E-state index in [1.54, 1.807) is 4.90 Å². The Hall–Kier alpha value is -1.59. The first-order valence-electron chi connectivity index (χ1n) is 7.52. The quantitative estimate of drug-likeness (QED) is 0.856. The van der Waals surface area contributed by atoms with Crippen LogP contribution in [0.1, 0.15) is 18.9 Å². The van der Waals surface area contributed by atoms with E-state index in [1.807, 2.05) is 24.3 Å². The van der Waals surface area contributed by atoms with Crippen LogP contribution in [-0.4, -0.2) is 49.8 Å². The van der Waals surface area contributed by atoms with Gasteiger partial charge in [0.05, 0.1) is 13.2 Å². The van der Waals surface area contributed by atoms with Crippen molar-refractivity contribution in [2.24, 2.45) is 5.73 Å². The van der Waals surface area contributed by atoms with Crippen LogP contribution in [0.15, 0.2) is 24.3 Å². The highest BCUT2D eigenvalue weighted by Crippen LogP contribution is 2.14. The number of amides is 1. The summed E-state index contributed by atoms with van der Waals surface area (Å²) in [4.78, 5) is 13.7. The van der Waals surface area contributed by atoms with E-state index < -0.39 is 0 Å². The van der Waals surface area contributed by atoms with Gasteiger partial charge in [0.2, 0.25) is 0 Å². The van der Waals surface area contributed by atoms with Crippen molar-refractivity contribution >= 4 is 5.91 Å². The predicted molar refractivity (Wildman–Crippen MR) is 81.3 cm³/mol. The van der Waals surface area contributed by atoms with Crippen LogP contribution >= 0.6 is 0 Å². The Kier molecular flexibility index (Phi) is 6.02. The van der Waals surface area contributed by atoms with Gasteiger partial charge >= 0.3 is 0 Å². The molecule has 0 aromatic heterocycles. The second kappa shape index (κ2) is 8.00. The average Bonchev–Trinajstić information content (AvgIpc) is 2.54. The van der Waals surface area contributed by atoms with Crippen LogP contribution in [0.25, 0.3) is 0 Å². The van der Waals surface area contributed by atoms with Crippen molar-refractivity contribution in [1.82, 2.24) is 4.90 Å². The number of nitrogens with two attached hydrogens (primary N) is 1. The minimum Gasteiger partial charge on any atom is -0.484 e. The molecule has 2 rings (SSSR count). The van der Waals surface area contributed by atoms with Gasteiger partial charge in [0.15, 0.2) is 6.61 Å². The minimum atomic E-state index is 0.00961. The summed E-state index contributed by atoms with van der Waals surface area (Å²) in [6, 6.07) is 7.99. The summed E-state index contributed by atoms with van der Waals surface area (Å²) in [6.07, 6.45) is 1.83. The van der Waals surface area contributed by atoms with Gasteiger partial charge in [0.25, 0.3) is 5.91 Å². The zero-order chi connectivity index (χ0) is 15.1. The van der Waals surface area contributed by atoms with Crippen molar-refractivity contribution in [2.75, 3.05) is 32.9 Å². The number of ether oxygens (including phenoxy) is 2. The summed E-state index contributed by atoms with van der Waals surface area (Å²) in [5.41, 5.74) is 7.12. The zero-order valence-corrected chi connectivity index (χ0v) is 12.6. The molecule has 1 fully saturated rings. The molecule has 0 spiro atoms. The Balaban J connectivity index is 1.79. The second-order valence-electron chi connectivity index (χ2n) is 5.30. The van der Waals surface area contributed by atoms with Gasteiger partial charge in [-0.05, 0) is 30.5 Å². The number of carbonyl (C=O) groups excluding carboxylic acids is 1. The van der Waals surface area contributed by atoms with Gasteiger partial charge in [-0.25, -0.2) is 0 Å². The molecule has 1 aromatic carbocycles. The molecule has 0 aliphatic carbocycles. The molecule has 0 radical (unpaired) electrons. The van der Waals surface area contributed by atoms with Crippen molar-refractivity contribution in [2.45, 2.75) is 25.8 Å². The van der Waals surface area contributed by atoms with Crippen LogP contribution in [0.5, 0.6) is 5.75 Å². The van der Waals surface area contributed by atoms with Crippen LogP contribution in [0.3, 0.4) is 0 Å². The van der Waals surface area contributed by atoms with E-state index in [9.17, 15) is 4.79 Å². The highest BCUT2D eigenvalue weighted by atomic mass is 16.5. The van der Waals surface area contributed by atoms with Gasteiger partial charge in [0.1, 0.15) is 5.75 Å². The molecule has 1 unspecified atom stereocenters. The molecular formula is C16H24N2O3. The van der Waals surface area contributed by atoms with Crippen LogP contribution < -0.4 is 10.5 Å². The molecule has 1 aliphatic rings. The summed E-state index contributed by atoms with van der Waals surface area (Å²) in [5, 5.41) is 0. The van der Waals surface area contributed by atoms with Crippen LogP contribution in [0.4, 0.5) is 0 Å². The fraction of sp³-hybridized carbons (Fsp3) is 0.562. The Morgan fingerprint density at radius 2 is 2.00 bits per heavy atom. The number of hydrogen-bond acceptors (Lipinski definition) is 4. The van der Waals surface area contributed by atoms with Crippen molar-refractivity contribution in [1.29, 1.82) is 0 Å². The molecule has 5 heteroatoms. The first kappa shape index (κ1) is 15.8. The Bertz CT molecular complexity index is 441. The van der Waals surface area contributed by atoms with E-state index in [0.29, 0.717) is 32.1 Å². The number of nitrogens with zero attached hydrogens (tertiary/aromatic N) is 1. The lowest BCUT2D eigenvalue weighted by Gasteiger charge is -2.26. The topological polar surface area (TPSA) is 64.8 Å². The Labute approximate surface area is 126 Å². The molecule has 21 heavy (non-hydrogen) atoms. The Morgan fingerprint density at radius 3 is 2.62 bits per heavy atom. The highest BCUT2D eigenvalue weighted by Gasteiger charge is 2.17. The summed E-state index contributed by atoms with van der Waals surface area (Å²) in [7, 11) is 0. The fourth-order valence-corrected chi connectivity index (χ4v) is 2.22. The molecule has 1 atom stereocenters. The summed E-state index contributed by atoms with van der Waals surface area (Å²) in [6.45, 7) is 4.68. The number of benzene rings is 1. The van der Waals surface area contributed by atoms with E-state index in [0.717, 1.165) is 12.8 Å². The number of hydrogen-bond donors (Lipinski definition) is 1. The van der Waals surface area contributed by atoms with Gasteiger partial charge in [-0.3, -0.25) is 4.79 Å². The van der Waals surface area contributed by atoms with Crippen LogP contribution in [0, 0.1) is 0 Å². The van der Waals surface area contributed by atoms with E-state index >= 15 is 0 Å². The second-order valence-corrected chi connectivity index (χ2v) is 5.30. The maximum absolute atomic E-state index is 12.0. The Morgan fingerprint density at radius 1 is 1.33 bits per heavy atom. The lowest BCUT2D eigenvalue weighted by molar-refractivity contribution is -0.137. The molecule has 2 N–H and O–H groups in total. The first-order chi connectivity index (χ1) is 10.2. The van der Waals surface area contributed by atoms with Crippen molar-refractivity contribution in [3.05, 3.63) is 29.8 Å². The van der Waals surface area contributed by atoms with Crippen molar-refractivity contribution < 1.29 is 14.3 Å². The monoisotopic (exact) mass is 292 g/mol. The summed E-state index contributed by atoms with van der Waals surface area (Å²) in [5.74, 6) is 0.723. The van der Waals surface area contributed by atoms with Gasteiger partial charge in [-0.15, -0.1) is 0 Å². The van der Waals surface area contributed by atoms with Gasteiger partial charge in [-0.1, -0.05) is 19.1 Å². The average molecular weight is 292 g/mol. The minimum absolute atomic E-state index is 0.00961. The third-order valence-electron chi connectivity index (χ3n) is 3.67. The molecule has 1 amide bonds. The molecule has 5 nitrogen and oxygen atoms in total. The normalized spacial score (nSPS) is 16.6. The molecule has 1 heterocycles. The molecule has 1 aromatic rings. The molecule has 1 saturated heterocycles. The first-order valence-corrected chi connectivity index (χ1v) is 7.52. The lowest BCUT2D eigenvalue weighted by atomic mass is 10.0. The van der Waals surface area contributed by atoms with E-state index in [1.165, 1.54) is 5.56 Å². The van der Waals surface area contributed by atoms with E-state index in [-0.39, 0.29) is 18.6 Å². The predicted octanol–water partition coefficient (Wildman–Crippen LogP) is 1.20. The van der Waals surface area contributed by atoms with Gasteiger partial charge in [0, 0.05) is 19.1 Å². The van der Waals surface area contributed by atoms with Crippen molar-refractivity contribution in [3.63, 3.8) is 0 Å². The number of carbonyl (C=O) groups is 1. The smallest absolute Gasteiger partial charge is 0.260 e. The van der Waals surface area contributed by atoms with Crippen molar-refractivity contribution in [3.8, 4) is 5.75 Å². The molecule has 1 aliphatic heterocycles. The van der Waals surface area contributed by atoms with Crippen LogP contribution in [-0.2, 0) is 16.0 Å². The third-order valence-corrected chi connectivity index (χ3v) is 3.67. The molecule has 0 bridgehead atoms. The SMILES string of the molecule is CCC(N)Cc1ccc(OCC(=O)N2CCOCC2)cc1. The molecule has 0 saturated carbocycles. The lowest BCUT2D eigenvalue weighted by Crippen LogP contribution is -2.42. The summed E-state index contributed by atoms with van der Waals surface area (Å²) < 4.78 is 10.8. The van der Waals surface area contributed by atoms with Crippen LogP contribution in [0.2, 0.25) is 0 Å². The largest absolute Gasteiger partial charge is 0.484 e. The maximum atomic E-state index is 12.0. The highest BCUT2D eigenvalue weighted by molar-refractivity contribution is 5.77. The molecular weight excluding hydrogens is 268 g/mol. The fourth-order valence-electron chi connectivity index (χ4n) is 2.22. The zero-order valence-electron chi connectivity index (χ0n) is 12.6. The summed E-state index contributed by atoms with van der Waals surface area (Å²) >= 11 is 0. The standard InChI is InChI=1S/C16H24N2O3/c1-2-14(17)11-13-3-5-15(6-4-13)21-12-16(19)18-7-9-20-10-8-18/h3-6,14H,2,7-12,17H2,1H3.